The van der Waals surface area contributed by atoms with E-state index in [4.69, 9.17) is 61.2 Å². The summed E-state index contributed by atoms with van der Waals surface area (Å²) in [5.74, 6) is 0.866. The van der Waals surface area contributed by atoms with Crippen molar-refractivity contribution in [1.29, 1.82) is 0 Å². The average Bonchev–Trinajstić information content (AvgIpc) is 3.68. The molecule has 4 aromatic rings. The third-order valence-electron chi connectivity index (χ3n) is 10.3. The van der Waals surface area contributed by atoms with Crippen LogP contribution in [0.3, 0.4) is 0 Å². The summed E-state index contributed by atoms with van der Waals surface area (Å²) in [5.41, 5.74) is 3.86. The molecule has 2 heterocycles. The number of phenols is 1. The molecule has 0 saturated carbocycles. The molecule has 2 aliphatic rings. The summed E-state index contributed by atoms with van der Waals surface area (Å²) in [7, 11) is 6.07. The van der Waals surface area contributed by atoms with Crippen molar-refractivity contribution in [1.82, 2.24) is 5.32 Å². The molecule has 15 nitrogen and oxygen atoms in total. The number of carbonyl (C=O) groups excluding carboxylic acids is 6. The minimum Gasteiger partial charge on any atom is -0.507 e. The molecule has 364 valence electrons. The number of hydrogen-bond donors (Lipinski definition) is 3. The minimum atomic E-state index is -1.19. The molecule has 2 N–H and O–H groups in total. The SMILES string of the molecule is CC.CC=O.CC=O.COC(=O)C1OC(Oc2cc3c(c4ccccc24)[C@H](CCl)CN3C)C(OC)C(OC=O)C1OC.O=CNCC(CCl)c1c(/C=C/C=C(\S)C=O)cc(O)c2ccccc12. The van der Waals surface area contributed by atoms with Crippen LogP contribution in [-0.4, -0.2) is 127 Å². The smallest absolute Gasteiger partial charge is 0.338 e. The number of methoxy groups -OCH3 is 3. The number of aromatic hydroxyl groups is 1. The fraction of sp³-hybridized carbons (Fsp3) is 0.388. The normalized spacial score (nSPS) is 19.8. The van der Waals surface area contributed by atoms with Gasteiger partial charge in [-0.05, 0) is 53.5 Å². The molecule has 6 rings (SSSR count). The van der Waals surface area contributed by atoms with E-state index in [2.05, 4.69) is 22.8 Å². The fourth-order valence-corrected chi connectivity index (χ4v) is 8.21. The van der Waals surface area contributed by atoms with E-state index < -0.39 is 36.7 Å². The number of esters is 1. The standard InChI is InChI=1S/C24H28ClNO8.C19H18ClNO3S.2C2H4O.C2H6/c1-26-11-13(10-25)18-15-8-6-5-7-14(15)17(9-16(18)26)33-24-22(30-3)20(32-12-27)19(29-2)21(34-24)23(28)31-4;20-9-14(10-21-12-23)19-13(4-3-5-15(25)11-22)8-18(24)16-6-1-2-7-17(16)19;2*1-2-3;1-2/h5-9,12-13,19-22,24H,10-11H2,1-4H3;1-8,11-12,14,24-25H,9-10H2,(H,21,23);2*2H,1H3;1-2H3/b;4-3+,15-5-;;;/t13-,19?,20?,21?,22?,24?;;;;/m1..../s1. The lowest BCUT2D eigenvalue weighted by atomic mass is 9.89. The van der Waals surface area contributed by atoms with Gasteiger partial charge in [0.15, 0.2) is 24.6 Å². The lowest BCUT2D eigenvalue weighted by Gasteiger charge is -2.43. The molecule has 0 aliphatic carbocycles. The summed E-state index contributed by atoms with van der Waals surface area (Å²) >= 11 is 16.4. The number of thiol groups is 1. The molecule has 1 amide bonds. The Kier molecular flexibility index (Phi) is 26.4. The number of fused-ring (bicyclic) bond motifs is 4. The molecule has 67 heavy (non-hydrogen) atoms. The number of nitrogens with zero attached hydrogens (tertiary/aromatic N) is 1. The average molecular weight is 988 g/mol. The second-order valence-electron chi connectivity index (χ2n) is 14.1. The van der Waals surface area contributed by atoms with E-state index in [1.165, 1.54) is 40.7 Å². The van der Waals surface area contributed by atoms with E-state index in [0.717, 1.165) is 52.1 Å². The predicted molar refractivity (Wildman–Crippen MR) is 265 cm³/mol. The zero-order chi connectivity index (χ0) is 50.1. The van der Waals surface area contributed by atoms with Crippen molar-refractivity contribution in [2.45, 2.75) is 70.2 Å². The van der Waals surface area contributed by atoms with Gasteiger partial charge in [-0.3, -0.25) is 14.4 Å². The van der Waals surface area contributed by atoms with Crippen molar-refractivity contribution in [3.63, 3.8) is 0 Å². The molecule has 7 atom stereocenters. The Bertz CT molecular complexity index is 2290. The molecule has 0 aromatic heterocycles. The highest BCUT2D eigenvalue weighted by atomic mass is 35.5. The molecule has 1 saturated heterocycles. The van der Waals surface area contributed by atoms with Crippen molar-refractivity contribution in [3.05, 3.63) is 94.4 Å². The molecule has 2 aliphatic heterocycles. The number of ether oxygens (including phenoxy) is 6. The number of aldehydes is 3. The van der Waals surface area contributed by atoms with E-state index in [-0.39, 0.29) is 24.1 Å². The topological polar surface area (TPSA) is 193 Å². The number of amides is 1. The maximum absolute atomic E-state index is 12.5. The summed E-state index contributed by atoms with van der Waals surface area (Å²) in [4.78, 5) is 65.1. The van der Waals surface area contributed by atoms with Gasteiger partial charge in [-0.15, -0.1) is 35.8 Å². The Morgan fingerprint density at radius 3 is 2.04 bits per heavy atom. The molecule has 1 fully saturated rings. The van der Waals surface area contributed by atoms with Crippen LogP contribution in [0.2, 0.25) is 0 Å². The van der Waals surface area contributed by atoms with Gasteiger partial charge in [0.05, 0.1) is 7.11 Å². The summed E-state index contributed by atoms with van der Waals surface area (Å²) < 4.78 is 33.5. The van der Waals surface area contributed by atoms with E-state index in [1.807, 2.05) is 75.5 Å². The maximum atomic E-state index is 12.5. The zero-order valence-corrected chi connectivity index (χ0v) is 41.2. The number of anilines is 1. The number of alkyl halides is 2. The lowest BCUT2D eigenvalue weighted by Crippen LogP contribution is -2.63. The summed E-state index contributed by atoms with van der Waals surface area (Å²) in [6, 6.07) is 18.9. The zero-order valence-electron chi connectivity index (χ0n) is 38.8. The van der Waals surface area contributed by atoms with Crippen LogP contribution >= 0.6 is 35.8 Å². The van der Waals surface area contributed by atoms with Gasteiger partial charge < -0.3 is 53.3 Å². The Labute approximate surface area is 407 Å². The number of benzene rings is 4. The number of nitrogens with one attached hydrogen (secondary N) is 1. The van der Waals surface area contributed by atoms with Crippen molar-refractivity contribution in [2.24, 2.45) is 0 Å². The van der Waals surface area contributed by atoms with Gasteiger partial charge in [-0.1, -0.05) is 74.5 Å². The second-order valence-corrected chi connectivity index (χ2v) is 15.2. The largest absolute Gasteiger partial charge is 0.507 e. The van der Waals surface area contributed by atoms with E-state index in [9.17, 15) is 24.3 Å². The molecule has 0 radical (unpaired) electrons. The Morgan fingerprint density at radius 2 is 1.51 bits per heavy atom. The van der Waals surface area contributed by atoms with Gasteiger partial charge in [0.25, 0.3) is 6.47 Å². The van der Waals surface area contributed by atoms with Crippen molar-refractivity contribution in [3.8, 4) is 11.5 Å². The molecule has 0 spiro atoms. The molecular formula is C49H60Cl2N2O13S. The van der Waals surface area contributed by atoms with Crippen LogP contribution in [-0.2, 0) is 52.5 Å². The molecular weight excluding hydrogens is 928 g/mol. The predicted octanol–water partition coefficient (Wildman–Crippen LogP) is 7.54. The van der Waals surface area contributed by atoms with Crippen LogP contribution < -0.4 is 15.0 Å². The van der Waals surface area contributed by atoms with Crippen LogP contribution in [0, 0.1) is 0 Å². The summed E-state index contributed by atoms with van der Waals surface area (Å²) in [5, 5.41) is 16.5. The van der Waals surface area contributed by atoms with Crippen molar-refractivity contribution >= 4 is 107 Å². The third kappa shape index (κ3) is 15.0. The molecule has 6 unspecified atom stereocenters. The van der Waals surface area contributed by atoms with Crippen LogP contribution in [0.4, 0.5) is 5.69 Å². The highest BCUT2D eigenvalue weighted by molar-refractivity contribution is 7.85. The van der Waals surface area contributed by atoms with Gasteiger partial charge in [0.1, 0.15) is 30.2 Å². The summed E-state index contributed by atoms with van der Waals surface area (Å²) in [6.45, 7) is 8.35. The Morgan fingerprint density at radius 1 is 0.910 bits per heavy atom. The number of likely N-dealkylation sites (N-methyl/N-ethyl adjacent to an activating group) is 1. The number of carbonyl (C=O) groups is 6. The Hall–Kier alpha value is -5.49. The van der Waals surface area contributed by atoms with Crippen molar-refractivity contribution in [2.75, 3.05) is 58.1 Å². The number of hydrogen-bond acceptors (Lipinski definition) is 15. The highest BCUT2D eigenvalue weighted by Crippen LogP contribution is 2.46. The quantitative estimate of drug-likeness (QED) is 0.0249. The second kappa shape index (κ2) is 30.7. The van der Waals surface area contributed by atoms with Crippen LogP contribution in [0.5, 0.6) is 11.5 Å². The minimum absolute atomic E-state index is 0.137. The van der Waals surface area contributed by atoms with E-state index in [0.29, 0.717) is 47.0 Å². The highest BCUT2D eigenvalue weighted by Gasteiger charge is 2.52. The first kappa shape index (κ1) is 57.6. The summed E-state index contributed by atoms with van der Waals surface area (Å²) in [6.07, 6.45) is 2.71. The van der Waals surface area contributed by atoms with Gasteiger partial charge in [0, 0.05) is 85.4 Å². The van der Waals surface area contributed by atoms with E-state index in [1.54, 1.807) is 24.3 Å². The van der Waals surface area contributed by atoms with Crippen LogP contribution in [0.1, 0.15) is 56.2 Å². The molecule has 18 heteroatoms. The van der Waals surface area contributed by atoms with Gasteiger partial charge in [-0.2, -0.15) is 0 Å². The number of phenolic OH excluding ortho intramolecular Hbond substituents is 1. The number of halogens is 2. The monoisotopic (exact) mass is 986 g/mol. The van der Waals surface area contributed by atoms with E-state index >= 15 is 0 Å². The lowest BCUT2D eigenvalue weighted by molar-refractivity contribution is -0.282. The molecule has 0 bridgehead atoms. The van der Waals surface area contributed by atoms with Gasteiger partial charge >= 0.3 is 5.97 Å². The molecule has 4 aromatic carbocycles. The number of allylic oxidation sites excluding steroid dienone is 3. The fourth-order valence-electron chi connectivity index (χ4n) is 7.61. The van der Waals surface area contributed by atoms with Crippen molar-refractivity contribution < 1.29 is 62.3 Å². The first-order valence-corrected chi connectivity index (χ1v) is 22.6. The van der Waals surface area contributed by atoms with Crippen LogP contribution in [0.25, 0.3) is 27.6 Å². The number of rotatable bonds is 16. The third-order valence-corrected chi connectivity index (χ3v) is 11.3. The first-order chi connectivity index (χ1) is 32.4. The van der Waals surface area contributed by atoms with Crippen LogP contribution in [0.15, 0.2) is 77.7 Å². The van der Waals surface area contributed by atoms with Gasteiger partial charge in [-0.25, -0.2) is 4.79 Å². The maximum Gasteiger partial charge on any atom is 0.338 e. The first-order valence-electron chi connectivity index (χ1n) is 21.1. The Balaban J connectivity index is 0.000000412. The van der Waals surface area contributed by atoms with Gasteiger partial charge in [0.2, 0.25) is 12.7 Å².